The zero-order valence-electron chi connectivity index (χ0n) is 14.2. The Morgan fingerprint density at radius 2 is 1.39 bits per heavy atom. The van der Waals surface area contributed by atoms with E-state index in [0.717, 1.165) is 37.0 Å². The number of urea groups is 1. The fraction of sp³-hybridized carbons (Fsp3) is 0.889. The van der Waals surface area contributed by atoms with Crippen LogP contribution in [0.4, 0.5) is 4.79 Å². The molecule has 4 aliphatic carbocycles. The number of nitrogens with zero attached hydrogens (tertiary/aromatic N) is 2. The molecule has 0 unspecified atom stereocenters. The highest BCUT2D eigenvalue weighted by molar-refractivity contribution is 5.84. The zero-order chi connectivity index (χ0) is 16.0. The van der Waals surface area contributed by atoms with Gasteiger partial charge in [-0.3, -0.25) is 4.79 Å². The first-order chi connectivity index (χ1) is 11.1. The van der Waals surface area contributed by atoms with Crippen molar-refractivity contribution >= 4 is 11.9 Å². The molecule has 0 spiro atoms. The lowest BCUT2D eigenvalue weighted by Crippen LogP contribution is -2.59. The third kappa shape index (κ3) is 2.62. The molecule has 5 rings (SSSR count). The number of carbonyl (C=O) groups excluding carboxylic acids is 2. The lowest BCUT2D eigenvalue weighted by Gasteiger charge is -2.57. The predicted molar refractivity (Wildman–Crippen MR) is 87.8 cm³/mol. The van der Waals surface area contributed by atoms with E-state index >= 15 is 0 Å². The van der Waals surface area contributed by atoms with E-state index in [4.69, 9.17) is 0 Å². The van der Waals surface area contributed by atoms with Gasteiger partial charge in [0, 0.05) is 32.7 Å². The first kappa shape index (κ1) is 15.3. The second kappa shape index (κ2) is 5.67. The molecule has 5 aliphatic rings. The van der Waals surface area contributed by atoms with E-state index < -0.39 is 0 Å². The smallest absolute Gasteiger partial charge is 0.317 e. The number of carbonyl (C=O) groups is 2. The highest BCUT2D eigenvalue weighted by Gasteiger charge is 2.55. The van der Waals surface area contributed by atoms with Crippen LogP contribution in [0.5, 0.6) is 0 Å². The van der Waals surface area contributed by atoms with Gasteiger partial charge in [0.05, 0.1) is 5.41 Å². The molecular formula is C18H29N3O2. The summed E-state index contributed by atoms with van der Waals surface area (Å²) in [5.41, 5.74) is -0.0391. The minimum absolute atomic E-state index is 0.00871. The van der Waals surface area contributed by atoms with Gasteiger partial charge in [0.15, 0.2) is 0 Å². The lowest BCUT2D eigenvalue weighted by molar-refractivity contribution is -0.159. The van der Waals surface area contributed by atoms with Gasteiger partial charge in [-0.05, 0) is 63.2 Å². The van der Waals surface area contributed by atoms with E-state index in [9.17, 15) is 9.59 Å². The van der Waals surface area contributed by atoms with Gasteiger partial charge in [-0.1, -0.05) is 0 Å². The molecule has 0 aromatic carbocycles. The highest BCUT2D eigenvalue weighted by Crippen LogP contribution is 2.60. The van der Waals surface area contributed by atoms with Crippen molar-refractivity contribution in [2.24, 2.45) is 23.2 Å². The zero-order valence-corrected chi connectivity index (χ0v) is 14.2. The summed E-state index contributed by atoms with van der Waals surface area (Å²) in [5.74, 6) is 2.83. The number of piperazine rings is 1. The number of hydrogen-bond donors (Lipinski definition) is 1. The number of rotatable bonds is 2. The first-order valence-electron chi connectivity index (χ1n) is 9.42. The van der Waals surface area contributed by atoms with Crippen LogP contribution in [0.25, 0.3) is 0 Å². The van der Waals surface area contributed by atoms with Crippen molar-refractivity contribution in [2.45, 2.75) is 45.4 Å². The molecule has 4 bridgehead atoms. The molecule has 128 valence electrons. The molecule has 5 nitrogen and oxygen atoms in total. The standard InChI is InChI=1S/C18H29N3O2/c1-2-19-17(23)21-5-3-20(4-6-21)16(22)18-10-13-7-14(11-18)9-15(8-13)12-18/h13-15H,2-12H2,1H3,(H,19,23). The van der Waals surface area contributed by atoms with E-state index in [2.05, 4.69) is 10.2 Å². The summed E-state index contributed by atoms with van der Waals surface area (Å²) in [6, 6.07) is 0.00871. The minimum Gasteiger partial charge on any atom is -0.339 e. The van der Waals surface area contributed by atoms with E-state index in [-0.39, 0.29) is 11.4 Å². The average molecular weight is 319 g/mol. The van der Waals surface area contributed by atoms with Crippen molar-refractivity contribution in [3.63, 3.8) is 0 Å². The summed E-state index contributed by atoms with van der Waals surface area (Å²) in [6.07, 6.45) is 7.52. The van der Waals surface area contributed by atoms with Crippen LogP contribution in [0.3, 0.4) is 0 Å². The predicted octanol–water partition coefficient (Wildman–Crippen LogP) is 2.08. The maximum atomic E-state index is 13.3. The van der Waals surface area contributed by atoms with Crippen LogP contribution in [0.15, 0.2) is 0 Å². The molecule has 1 aliphatic heterocycles. The van der Waals surface area contributed by atoms with Crippen LogP contribution in [0.2, 0.25) is 0 Å². The Hall–Kier alpha value is -1.26. The molecule has 5 fully saturated rings. The fourth-order valence-corrected chi connectivity index (χ4v) is 6.08. The van der Waals surface area contributed by atoms with E-state index in [0.29, 0.717) is 38.6 Å². The monoisotopic (exact) mass is 319 g/mol. The van der Waals surface area contributed by atoms with Crippen molar-refractivity contribution < 1.29 is 9.59 Å². The Morgan fingerprint density at radius 1 is 0.913 bits per heavy atom. The van der Waals surface area contributed by atoms with Gasteiger partial charge in [0.1, 0.15) is 0 Å². The Labute approximate surface area is 138 Å². The van der Waals surface area contributed by atoms with Gasteiger partial charge >= 0.3 is 6.03 Å². The Morgan fingerprint density at radius 3 is 1.87 bits per heavy atom. The maximum absolute atomic E-state index is 13.3. The van der Waals surface area contributed by atoms with Gasteiger partial charge in [0.25, 0.3) is 0 Å². The quantitative estimate of drug-likeness (QED) is 0.847. The molecule has 1 N–H and O–H groups in total. The number of amides is 3. The second-order valence-corrected chi connectivity index (χ2v) is 8.31. The van der Waals surface area contributed by atoms with Crippen molar-refractivity contribution in [3.8, 4) is 0 Å². The van der Waals surface area contributed by atoms with Gasteiger partial charge in [-0.15, -0.1) is 0 Å². The van der Waals surface area contributed by atoms with Gasteiger partial charge < -0.3 is 15.1 Å². The van der Waals surface area contributed by atoms with Crippen LogP contribution in [0.1, 0.15) is 45.4 Å². The topological polar surface area (TPSA) is 52.7 Å². The average Bonchev–Trinajstić information content (AvgIpc) is 2.53. The summed E-state index contributed by atoms with van der Waals surface area (Å²) < 4.78 is 0. The van der Waals surface area contributed by atoms with Gasteiger partial charge in [0.2, 0.25) is 5.91 Å². The molecule has 0 atom stereocenters. The number of nitrogens with one attached hydrogen (secondary N) is 1. The maximum Gasteiger partial charge on any atom is 0.317 e. The van der Waals surface area contributed by atoms with Crippen molar-refractivity contribution in [1.82, 2.24) is 15.1 Å². The lowest BCUT2D eigenvalue weighted by atomic mass is 9.49. The second-order valence-electron chi connectivity index (χ2n) is 8.31. The van der Waals surface area contributed by atoms with E-state index in [1.54, 1.807) is 0 Å². The van der Waals surface area contributed by atoms with Crippen LogP contribution < -0.4 is 5.32 Å². The molecule has 1 heterocycles. The number of hydrogen-bond acceptors (Lipinski definition) is 2. The summed E-state index contributed by atoms with van der Waals surface area (Å²) in [6.45, 7) is 5.35. The summed E-state index contributed by atoms with van der Waals surface area (Å²) in [7, 11) is 0. The first-order valence-corrected chi connectivity index (χ1v) is 9.42. The third-order valence-electron chi connectivity index (χ3n) is 6.67. The molecule has 0 radical (unpaired) electrons. The summed E-state index contributed by atoms with van der Waals surface area (Å²) >= 11 is 0. The molecular weight excluding hydrogens is 290 g/mol. The molecule has 1 saturated heterocycles. The Balaban J connectivity index is 1.40. The van der Waals surface area contributed by atoms with Crippen molar-refractivity contribution in [1.29, 1.82) is 0 Å². The molecule has 3 amide bonds. The van der Waals surface area contributed by atoms with Crippen LogP contribution in [-0.2, 0) is 4.79 Å². The van der Waals surface area contributed by atoms with Crippen LogP contribution in [0, 0.1) is 23.2 Å². The summed E-state index contributed by atoms with van der Waals surface area (Å²) in [5, 5.41) is 2.85. The van der Waals surface area contributed by atoms with Crippen LogP contribution >= 0.6 is 0 Å². The molecule has 4 saturated carbocycles. The van der Waals surface area contributed by atoms with Crippen molar-refractivity contribution in [2.75, 3.05) is 32.7 Å². The molecule has 0 aromatic heterocycles. The summed E-state index contributed by atoms with van der Waals surface area (Å²) in [4.78, 5) is 29.1. The molecule has 23 heavy (non-hydrogen) atoms. The molecule has 0 aromatic rings. The SMILES string of the molecule is CCNC(=O)N1CCN(C(=O)C23CC4CC(CC(C4)C2)C3)CC1. The van der Waals surface area contributed by atoms with Crippen molar-refractivity contribution in [3.05, 3.63) is 0 Å². The normalized spacial score (nSPS) is 38.7. The Kier molecular flexibility index (Phi) is 3.77. The van der Waals surface area contributed by atoms with Gasteiger partial charge in [-0.2, -0.15) is 0 Å². The fourth-order valence-electron chi connectivity index (χ4n) is 6.08. The van der Waals surface area contributed by atoms with Gasteiger partial charge in [-0.25, -0.2) is 4.79 Å². The largest absolute Gasteiger partial charge is 0.339 e. The van der Waals surface area contributed by atoms with E-state index in [1.165, 1.54) is 19.3 Å². The molecule has 5 heteroatoms. The highest BCUT2D eigenvalue weighted by atomic mass is 16.2. The van der Waals surface area contributed by atoms with E-state index in [1.807, 2.05) is 11.8 Å². The minimum atomic E-state index is -0.0391. The third-order valence-corrected chi connectivity index (χ3v) is 6.67. The van der Waals surface area contributed by atoms with Crippen LogP contribution in [-0.4, -0.2) is 54.5 Å². The Bertz CT molecular complexity index is 461.